The number of nitrogens with one attached hydrogen (secondary N) is 1. The molecule has 0 saturated carbocycles. The number of ether oxygens (including phenoxy) is 5. The summed E-state index contributed by atoms with van der Waals surface area (Å²) in [7, 11) is 1.66. The summed E-state index contributed by atoms with van der Waals surface area (Å²) >= 11 is 0. The third kappa shape index (κ3) is 4.98. The maximum atomic E-state index is 11.8. The Hall–Kier alpha value is -3.68. The van der Waals surface area contributed by atoms with Crippen molar-refractivity contribution in [2.24, 2.45) is 0 Å². The average molecular weight is 494 g/mol. The summed E-state index contributed by atoms with van der Waals surface area (Å²) in [5.74, 6) is 3.06. The number of pyridine rings is 1. The fourth-order valence-corrected chi connectivity index (χ4v) is 4.61. The molecule has 0 radical (unpaired) electrons. The molecule has 3 aromatic rings. The lowest BCUT2D eigenvalue weighted by molar-refractivity contribution is -0.686. The van der Waals surface area contributed by atoms with Crippen molar-refractivity contribution >= 4 is 16.9 Å². The Bertz CT molecular complexity index is 1300. The molecule has 5 rings (SSSR count). The highest BCUT2D eigenvalue weighted by Crippen LogP contribution is 2.41. The third-order valence-electron chi connectivity index (χ3n) is 6.28. The first-order chi connectivity index (χ1) is 17.3. The highest BCUT2D eigenvalue weighted by atomic mass is 16.7. The van der Waals surface area contributed by atoms with Crippen LogP contribution in [0.4, 0.5) is 4.79 Å². The fourth-order valence-electron chi connectivity index (χ4n) is 4.61. The summed E-state index contributed by atoms with van der Waals surface area (Å²) in [5, 5.41) is 4.87. The van der Waals surface area contributed by atoms with Crippen LogP contribution in [0, 0.1) is 0 Å². The molecule has 36 heavy (non-hydrogen) atoms. The van der Waals surface area contributed by atoms with Gasteiger partial charge in [0.1, 0.15) is 5.60 Å². The quantitative estimate of drug-likeness (QED) is 0.377. The molecule has 3 heterocycles. The number of aryl methyl sites for hydroxylation is 2. The van der Waals surface area contributed by atoms with Crippen molar-refractivity contribution in [3.63, 3.8) is 0 Å². The molecule has 1 N–H and O–H groups in total. The van der Waals surface area contributed by atoms with E-state index in [0.717, 1.165) is 59.5 Å². The van der Waals surface area contributed by atoms with Gasteiger partial charge in [-0.25, -0.2) is 4.79 Å². The molecule has 0 unspecified atom stereocenters. The van der Waals surface area contributed by atoms with Crippen LogP contribution < -0.4 is 28.8 Å². The minimum atomic E-state index is -0.500. The Balaban J connectivity index is 1.31. The number of amides is 1. The maximum absolute atomic E-state index is 11.8. The van der Waals surface area contributed by atoms with E-state index >= 15 is 0 Å². The number of carbonyl (C=O) groups excluding carboxylic acids is 1. The molecule has 8 heteroatoms. The van der Waals surface area contributed by atoms with Crippen LogP contribution in [-0.4, -0.2) is 38.7 Å². The van der Waals surface area contributed by atoms with Crippen LogP contribution in [0.3, 0.4) is 0 Å². The Kier molecular flexibility index (Phi) is 6.51. The van der Waals surface area contributed by atoms with Crippen LogP contribution in [0.15, 0.2) is 36.5 Å². The van der Waals surface area contributed by atoms with Crippen molar-refractivity contribution in [2.45, 2.75) is 52.2 Å². The zero-order valence-electron chi connectivity index (χ0n) is 21.3. The van der Waals surface area contributed by atoms with Crippen LogP contribution in [0.1, 0.15) is 39.2 Å². The van der Waals surface area contributed by atoms with Gasteiger partial charge in [0, 0.05) is 19.0 Å². The Labute approximate surface area is 211 Å². The molecule has 0 aliphatic carbocycles. The second-order valence-corrected chi connectivity index (χ2v) is 10.0. The van der Waals surface area contributed by atoms with Gasteiger partial charge in [-0.15, -0.1) is 0 Å². The number of hydrogen-bond acceptors (Lipinski definition) is 6. The van der Waals surface area contributed by atoms with E-state index < -0.39 is 11.7 Å². The van der Waals surface area contributed by atoms with E-state index in [9.17, 15) is 4.79 Å². The molecule has 190 valence electrons. The highest BCUT2D eigenvalue weighted by molar-refractivity contribution is 5.91. The lowest BCUT2D eigenvalue weighted by atomic mass is 9.95. The van der Waals surface area contributed by atoms with Crippen molar-refractivity contribution in [3.8, 4) is 34.3 Å². The zero-order valence-corrected chi connectivity index (χ0v) is 21.3. The van der Waals surface area contributed by atoms with Gasteiger partial charge in [-0.3, -0.25) is 0 Å². The van der Waals surface area contributed by atoms with Gasteiger partial charge in [0.15, 0.2) is 35.7 Å². The lowest BCUT2D eigenvalue weighted by Crippen LogP contribution is -2.40. The zero-order chi connectivity index (χ0) is 25.3. The van der Waals surface area contributed by atoms with E-state index in [2.05, 4.69) is 40.3 Å². The molecule has 2 aliphatic heterocycles. The average Bonchev–Trinajstić information content (AvgIpc) is 3.30. The topological polar surface area (TPSA) is 79.1 Å². The first kappa shape index (κ1) is 24.0. The number of hydrogen-bond donors (Lipinski definition) is 1. The van der Waals surface area contributed by atoms with E-state index in [4.69, 9.17) is 23.7 Å². The molecule has 2 aliphatic rings. The van der Waals surface area contributed by atoms with Gasteiger partial charge in [0.25, 0.3) is 0 Å². The van der Waals surface area contributed by atoms with E-state index in [0.29, 0.717) is 18.9 Å². The third-order valence-corrected chi connectivity index (χ3v) is 6.28. The summed E-state index contributed by atoms with van der Waals surface area (Å²) in [4.78, 5) is 11.8. The van der Waals surface area contributed by atoms with Gasteiger partial charge in [0.05, 0.1) is 24.7 Å². The molecule has 8 nitrogen and oxygen atoms in total. The van der Waals surface area contributed by atoms with Crippen molar-refractivity contribution < 1.29 is 33.0 Å². The van der Waals surface area contributed by atoms with E-state index in [1.54, 1.807) is 7.11 Å². The van der Waals surface area contributed by atoms with Crippen LogP contribution in [0.2, 0.25) is 0 Å². The summed E-state index contributed by atoms with van der Waals surface area (Å²) < 4.78 is 30.6. The number of benzene rings is 2. The molecule has 0 bridgehead atoms. The molecule has 1 amide bonds. The smallest absolute Gasteiger partial charge is 0.407 e. The lowest BCUT2D eigenvalue weighted by Gasteiger charge is -2.19. The summed E-state index contributed by atoms with van der Waals surface area (Å²) in [6.07, 6.45) is 4.24. The molecule has 0 saturated heterocycles. The number of alkyl carbamates (subject to hydrolysis) is 1. The number of aromatic nitrogens is 1. The van der Waals surface area contributed by atoms with Gasteiger partial charge in [-0.05, 0) is 68.8 Å². The maximum Gasteiger partial charge on any atom is 0.407 e. The SMILES string of the molecule is COc1ccc2cc3[n+](cc2c1OCCCCNC(=O)OC(C)(C)C)CCc1cc2c(cc1-3)OCO2. The molecule has 1 aromatic heterocycles. The number of rotatable bonds is 7. The Morgan fingerprint density at radius 2 is 1.92 bits per heavy atom. The summed E-state index contributed by atoms with van der Waals surface area (Å²) in [6, 6.07) is 10.4. The second kappa shape index (κ2) is 9.76. The number of fused-ring (bicyclic) bond motifs is 5. The predicted molar refractivity (Wildman–Crippen MR) is 135 cm³/mol. The van der Waals surface area contributed by atoms with Crippen LogP contribution in [0.25, 0.3) is 22.0 Å². The Morgan fingerprint density at radius 3 is 2.69 bits per heavy atom. The van der Waals surface area contributed by atoms with E-state index in [1.807, 2.05) is 26.8 Å². The monoisotopic (exact) mass is 493 g/mol. The van der Waals surface area contributed by atoms with Crippen molar-refractivity contribution in [1.29, 1.82) is 0 Å². The van der Waals surface area contributed by atoms with Crippen molar-refractivity contribution in [2.75, 3.05) is 27.1 Å². The standard InChI is InChI=1S/C28H32N2O6/c1-28(2,3)36-27(31)29-10-5-6-12-33-26-21-16-30-11-9-19-14-24-25(35-17-34-24)15-20(19)22(30)13-18(21)7-8-23(26)32-4/h7-8,13-16H,5-6,9-12,17H2,1-4H3/p+1. The van der Waals surface area contributed by atoms with Crippen LogP contribution in [0.5, 0.6) is 23.0 Å². The predicted octanol–water partition coefficient (Wildman–Crippen LogP) is 4.77. The van der Waals surface area contributed by atoms with Crippen LogP contribution in [-0.2, 0) is 17.7 Å². The largest absolute Gasteiger partial charge is 0.493 e. The first-order valence-electron chi connectivity index (χ1n) is 12.4. The van der Waals surface area contributed by atoms with Gasteiger partial charge < -0.3 is 29.0 Å². The molecular formula is C28H33N2O6+. The molecule has 0 atom stereocenters. The van der Waals surface area contributed by atoms with E-state index in [-0.39, 0.29) is 6.79 Å². The molecule has 0 spiro atoms. The molecular weight excluding hydrogens is 460 g/mol. The Morgan fingerprint density at radius 1 is 1.11 bits per heavy atom. The van der Waals surface area contributed by atoms with Crippen molar-refractivity contribution in [3.05, 3.63) is 42.1 Å². The number of methoxy groups -OCH3 is 1. The highest BCUT2D eigenvalue weighted by Gasteiger charge is 2.28. The molecule has 0 fully saturated rings. The number of carbonyl (C=O) groups is 1. The minimum absolute atomic E-state index is 0.271. The van der Waals surface area contributed by atoms with Gasteiger partial charge >= 0.3 is 6.09 Å². The first-order valence-corrected chi connectivity index (χ1v) is 12.4. The fraction of sp³-hybridized carbons (Fsp3) is 0.429. The van der Waals surface area contributed by atoms with Gasteiger partial charge in [-0.2, -0.15) is 4.57 Å². The molecule has 2 aromatic carbocycles. The number of nitrogens with zero attached hydrogens (tertiary/aromatic N) is 1. The van der Waals surface area contributed by atoms with Crippen LogP contribution >= 0.6 is 0 Å². The van der Waals surface area contributed by atoms with Crippen molar-refractivity contribution in [1.82, 2.24) is 5.32 Å². The second-order valence-electron chi connectivity index (χ2n) is 10.0. The van der Waals surface area contributed by atoms with Gasteiger partial charge in [0.2, 0.25) is 12.5 Å². The summed E-state index contributed by atoms with van der Waals surface area (Å²) in [6.45, 7) is 7.73. The number of unbranched alkanes of at least 4 members (excludes halogenated alkanes) is 1. The van der Waals surface area contributed by atoms with E-state index in [1.165, 1.54) is 11.1 Å². The normalized spacial score (nSPS) is 13.7. The minimum Gasteiger partial charge on any atom is -0.493 e. The summed E-state index contributed by atoms with van der Waals surface area (Å²) in [5.41, 5.74) is 3.08. The van der Waals surface area contributed by atoms with Gasteiger partial charge in [-0.1, -0.05) is 0 Å².